The van der Waals surface area contributed by atoms with Crippen LogP contribution in [0.15, 0.2) is 24.5 Å². The maximum absolute atomic E-state index is 6.38. The third-order valence-electron chi connectivity index (χ3n) is 4.43. The fraction of sp³-hybridized carbons (Fsp3) is 0.688. The highest BCUT2D eigenvalue weighted by Gasteiger charge is 2.27. The molecule has 0 aromatic carbocycles. The second-order valence-corrected chi connectivity index (χ2v) is 6.15. The molecule has 0 radical (unpaired) electrons. The molecular formula is C16H28N4. The van der Waals surface area contributed by atoms with Gasteiger partial charge in [0.15, 0.2) is 0 Å². The summed E-state index contributed by atoms with van der Waals surface area (Å²) in [4.78, 5) is 8.97. The predicted octanol–water partition coefficient (Wildman–Crippen LogP) is 1.74. The first-order chi connectivity index (χ1) is 9.61. The van der Waals surface area contributed by atoms with Gasteiger partial charge in [-0.15, -0.1) is 0 Å². The number of pyridine rings is 1. The fourth-order valence-corrected chi connectivity index (χ4v) is 3.31. The Hall–Kier alpha value is -0.970. The number of likely N-dealkylation sites (N-methyl/N-ethyl adjacent to an activating group) is 1. The first-order valence-electron chi connectivity index (χ1n) is 7.66. The van der Waals surface area contributed by atoms with Crippen LogP contribution in [0, 0.1) is 5.92 Å². The minimum Gasteiger partial charge on any atom is -0.326 e. The van der Waals surface area contributed by atoms with Gasteiger partial charge in [0.1, 0.15) is 0 Å². The van der Waals surface area contributed by atoms with Crippen LogP contribution in [0.2, 0.25) is 0 Å². The van der Waals surface area contributed by atoms with Crippen molar-refractivity contribution in [3.05, 3.63) is 30.1 Å². The van der Waals surface area contributed by atoms with E-state index in [0.29, 0.717) is 0 Å². The largest absolute Gasteiger partial charge is 0.326 e. The Morgan fingerprint density at radius 2 is 2.15 bits per heavy atom. The average molecular weight is 276 g/mol. The molecule has 112 valence electrons. The quantitative estimate of drug-likeness (QED) is 0.860. The van der Waals surface area contributed by atoms with Crippen LogP contribution in [0.25, 0.3) is 0 Å². The van der Waals surface area contributed by atoms with Gasteiger partial charge in [0.2, 0.25) is 0 Å². The summed E-state index contributed by atoms with van der Waals surface area (Å²) in [7, 11) is 4.41. The molecule has 3 atom stereocenters. The smallest absolute Gasteiger partial charge is 0.0497 e. The Balaban J connectivity index is 2.06. The Bertz CT molecular complexity index is 395. The van der Waals surface area contributed by atoms with Crippen molar-refractivity contribution in [3.8, 4) is 0 Å². The van der Waals surface area contributed by atoms with Crippen LogP contribution < -0.4 is 5.73 Å². The Morgan fingerprint density at radius 1 is 1.45 bits per heavy atom. The lowest BCUT2D eigenvalue weighted by Crippen LogP contribution is -2.41. The Kier molecular flexibility index (Phi) is 5.52. The molecule has 0 amide bonds. The summed E-state index contributed by atoms with van der Waals surface area (Å²) in [6.07, 6.45) is 6.01. The number of nitrogens with zero attached hydrogens (tertiary/aromatic N) is 3. The zero-order chi connectivity index (χ0) is 14.5. The van der Waals surface area contributed by atoms with Crippen molar-refractivity contribution in [2.45, 2.75) is 31.8 Å². The summed E-state index contributed by atoms with van der Waals surface area (Å²) in [5.74, 6) is 0.762. The molecule has 3 unspecified atom stereocenters. The van der Waals surface area contributed by atoms with Gasteiger partial charge in [0.25, 0.3) is 0 Å². The van der Waals surface area contributed by atoms with Crippen LogP contribution in [0.4, 0.5) is 0 Å². The van der Waals surface area contributed by atoms with E-state index in [1.54, 1.807) is 0 Å². The summed E-state index contributed by atoms with van der Waals surface area (Å²) in [5.41, 5.74) is 7.66. The second-order valence-electron chi connectivity index (χ2n) is 6.15. The molecule has 20 heavy (non-hydrogen) atoms. The minimum atomic E-state index is 0.168. The molecule has 0 bridgehead atoms. The third-order valence-corrected chi connectivity index (χ3v) is 4.43. The molecule has 2 rings (SSSR count). The molecule has 1 aromatic rings. The Labute approximate surface area is 123 Å². The van der Waals surface area contributed by atoms with Gasteiger partial charge in [-0.1, -0.05) is 6.92 Å². The van der Waals surface area contributed by atoms with Crippen molar-refractivity contribution in [2.75, 3.05) is 33.7 Å². The molecule has 1 fully saturated rings. The first-order valence-corrected chi connectivity index (χ1v) is 7.66. The standard InChI is InChI=1S/C16H28N4/c1-4-15(17)16(14-5-8-18-9-6-14)20(3)12-13-7-10-19(2)11-13/h5-6,8-9,13,15-16H,4,7,10-12,17H2,1-3H3. The summed E-state index contributed by atoms with van der Waals surface area (Å²) in [6, 6.07) is 4.64. The van der Waals surface area contributed by atoms with Crippen molar-refractivity contribution in [1.82, 2.24) is 14.8 Å². The van der Waals surface area contributed by atoms with Gasteiger partial charge in [-0.05, 0) is 57.1 Å². The van der Waals surface area contributed by atoms with E-state index in [1.165, 1.54) is 25.1 Å². The first kappa shape index (κ1) is 15.4. The lowest BCUT2D eigenvalue weighted by Gasteiger charge is -2.34. The topological polar surface area (TPSA) is 45.4 Å². The molecule has 0 spiro atoms. The lowest BCUT2D eigenvalue weighted by atomic mass is 9.96. The van der Waals surface area contributed by atoms with Gasteiger partial charge in [-0.25, -0.2) is 0 Å². The molecule has 2 heterocycles. The summed E-state index contributed by atoms with van der Waals surface area (Å²) >= 11 is 0. The maximum Gasteiger partial charge on any atom is 0.0497 e. The molecule has 2 N–H and O–H groups in total. The molecule has 1 aliphatic heterocycles. The van der Waals surface area contributed by atoms with Crippen LogP contribution in [0.3, 0.4) is 0 Å². The van der Waals surface area contributed by atoms with E-state index in [-0.39, 0.29) is 12.1 Å². The highest BCUT2D eigenvalue weighted by Crippen LogP contribution is 2.26. The van der Waals surface area contributed by atoms with Crippen molar-refractivity contribution in [1.29, 1.82) is 0 Å². The van der Waals surface area contributed by atoms with E-state index in [9.17, 15) is 0 Å². The van der Waals surface area contributed by atoms with Crippen LogP contribution in [-0.2, 0) is 0 Å². The zero-order valence-electron chi connectivity index (χ0n) is 13.0. The van der Waals surface area contributed by atoms with Crippen LogP contribution in [-0.4, -0.2) is 54.6 Å². The van der Waals surface area contributed by atoms with Crippen LogP contribution >= 0.6 is 0 Å². The molecule has 0 aliphatic carbocycles. The van der Waals surface area contributed by atoms with Crippen molar-refractivity contribution in [2.24, 2.45) is 11.7 Å². The van der Waals surface area contributed by atoms with Crippen LogP contribution in [0.5, 0.6) is 0 Å². The third kappa shape index (κ3) is 3.78. The van der Waals surface area contributed by atoms with Crippen molar-refractivity contribution < 1.29 is 0 Å². The van der Waals surface area contributed by atoms with E-state index >= 15 is 0 Å². The molecule has 0 saturated carbocycles. The van der Waals surface area contributed by atoms with Crippen molar-refractivity contribution in [3.63, 3.8) is 0 Å². The highest BCUT2D eigenvalue weighted by atomic mass is 15.2. The number of aromatic nitrogens is 1. The van der Waals surface area contributed by atoms with Gasteiger partial charge in [-0.2, -0.15) is 0 Å². The van der Waals surface area contributed by atoms with Gasteiger partial charge in [0, 0.05) is 37.6 Å². The average Bonchev–Trinajstić information content (AvgIpc) is 2.85. The number of rotatable bonds is 6. The van der Waals surface area contributed by atoms with Gasteiger partial charge >= 0.3 is 0 Å². The van der Waals surface area contributed by atoms with E-state index in [1.807, 2.05) is 12.4 Å². The molecular weight excluding hydrogens is 248 g/mol. The highest BCUT2D eigenvalue weighted by molar-refractivity contribution is 5.17. The van der Waals surface area contributed by atoms with Gasteiger partial charge in [-0.3, -0.25) is 9.88 Å². The number of nitrogens with two attached hydrogens (primary N) is 1. The number of hydrogen-bond acceptors (Lipinski definition) is 4. The molecule has 1 aliphatic rings. The van der Waals surface area contributed by atoms with Gasteiger partial charge < -0.3 is 10.6 Å². The summed E-state index contributed by atoms with van der Waals surface area (Å²) < 4.78 is 0. The second kappa shape index (κ2) is 7.16. The van der Waals surface area contributed by atoms with Gasteiger partial charge in [0.05, 0.1) is 0 Å². The normalized spacial score (nSPS) is 23.1. The van der Waals surface area contributed by atoms with E-state index in [0.717, 1.165) is 18.9 Å². The van der Waals surface area contributed by atoms with Crippen molar-refractivity contribution >= 4 is 0 Å². The summed E-state index contributed by atoms with van der Waals surface area (Å²) in [5, 5.41) is 0. The lowest BCUT2D eigenvalue weighted by molar-refractivity contribution is 0.180. The predicted molar refractivity (Wildman–Crippen MR) is 83.5 cm³/mol. The van der Waals surface area contributed by atoms with E-state index < -0.39 is 0 Å². The molecule has 1 saturated heterocycles. The molecule has 4 heteroatoms. The summed E-state index contributed by atoms with van der Waals surface area (Å²) in [6.45, 7) is 5.70. The SMILES string of the molecule is CCC(N)C(c1ccncc1)N(C)CC1CCN(C)C1. The fourth-order valence-electron chi connectivity index (χ4n) is 3.31. The zero-order valence-corrected chi connectivity index (χ0v) is 13.0. The monoisotopic (exact) mass is 276 g/mol. The molecule has 4 nitrogen and oxygen atoms in total. The van der Waals surface area contributed by atoms with E-state index in [2.05, 4.69) is 47.9 Å². The Morgan fingerprint density at radius 3 is 2.70 bits per heavy atom. The number of hydrogen-bond donors (Lipinski definition) is 1. The number of likely N-dealkylation sites (tertiary alicyclic amines) is 1. The maximum atomic E-state index is 6.38. The minimum absolute atomic E-state index is 0.168. The van der Waals surface area contributed by atoms with E-state index in [4.69, 9.17) is 5.73 Å². The molecule has 1 aromatic heterocycles. The van der Waals surface area contributed by atoms with Crippen LogP contribution in [0.1, 0.15) is 31.4 Å².